The monoisotopic (exact) mass is 268 g/mol. The van der Waals surface area contributed by atoms with Gasteiger partial charge in [0.25, 0.3) is 0 Å². The quantitative estimate of drug-likeness (QED) is 0.820. The molecule has 1 amide bonds. The smallest absolute Gasteiger partial charge is 0.222 e. The first-order valence-corrected chi connectivity index (χ1v) is 7.73. The average Bonchev–Trinajstić information content (AvgIpc) is 2.39. The van der Waals surface area contributed by atoms with Gasteiger partial charge in [-0.3, -0.25) is 4.79 Å². The van der Waals surface area contributed by atoms with Gasteiger partial charge in [-0.15, -0.1) is 0 Å². The molecule has 0 bridgehead atoms. The summed E-state index contributed by atoms with van der Waals surface area (Å²) >= 11 is 0. The molecule has 2 rings (SSSR count). The van der Waals surface area contributed by atoms with Crippen molar-refractivity contribution in [2.45, 2.75) is 76.0 Å². The first kappa shape index (κ1) is 14.8. The molecule has 4 nitrogen and oxygen atoms in total. The van der Waals surface area contributed by atoms with Crippen LogP contribution in [0.5, 0.6) is 0 Å². The van der Waals surface area contributed by atoms with Crippen LogP contribution in [-0.2, 0) is 9.53 Å². The summed E-state index contributed by atoms with van der Waals surface area (Å²) in [6, 6.07) is 0.300. The lowest BCUT2D eigenvalue weighted by molar-refractivity contribution is -0.124. The molecule has 1 saturated carbocycles. The molecule has 1 saturated heterocycles. The molecule has 0 spiro atoms. The molecule has 2 aliphatic rings. The number of hydrogen-bond donors (Lipinski definition) is 2. The van der Waals surface area contributed by atoms with Gasteiger partial charge in [0.1, 0.15) is 0 Å². The van der Waals surface area contributed by atoms with Gasteiger partial charge >= 0.3 is 0 Å². The van der Waals surface area contributed by atoms with Gasteiger partial charge in [-0.25, -0.2) is 0 Å². The van der Waals surface area contributed by atoms with E-state index in [1.54, 1.807) is 0 Å². The molecular weight excluding hydrogens is 240 g/mol. The summed E-state index contributed by atoms with van der Waals surface area (Å²) < 4.78 is 5.52. The molecule has 2 N–H and O–H groups in total. The lowest BCUT2D eigenvalue weighted by atomic mass is 9.79. The minimum Gasteiger partial charge on any atom is -0.378 e. The zero-order chi connectivity index (χ0) is 13.7. The minimum atomic E-state index is 0.0408. The van der Waals surface area contributed by atoms with E-state index in [0.29, 0.717) is 12.5 Å². The van der Waals surface area contributed by atoms with Crippen LogP contribution < -0.4 is 10.6 Å². The van der Waals surface area contributed by atoms with Crippen LogP contribution in [-0.4, -0.2) is 37.2 Å². The molecule has 0 radical (unpaired) electrons. The van der Waals surface area contributed by atoms with E-state index in [1.807, 2.05) is 7.05 Å². The van der Waals surface area contributed by atoms with Crippen LogP contribution >= 0.6 is 0 Å². The second kappa shape index (κ2) is 6.71. The topological polar surface area (TPSA) is 50.4 Å². The number of amides is 1. The molecular formula is C15H28N2O2. The van der Waals surface area contributed by atoms with Crippen LogP contribution in [0.4, 0.5) is 0 Å². The summed E-state index contributed by atoms with van der Waals surface area (Å²) in [5.41, 5.74) is 0.0408. The van der Waals surface area contributed by atoms with Gasteiger partial charge in [-0.1, -0.05) is 19.3 Å². The Bertz CT molecular complexity index is 301. The highest BCUT2D eigenvalue weighted by molar-refractivity contribution is 5.77. The summed E-state index contributed by atoms with van der Waals surface area (Å²) in [6.45, 7) is 2.85. The predicted octanol–water partition coefficient (Wildman–Crippen LogP) is 1.98. The Morgan fingerprint density at radius 2 is 2.05 bits per heavy atom. The van der Waals surface area contributed by atoms with Crippen molar-refractivity contribution >= 4 is 5.91 Å². The Hall–Kier alpha value is -0.610. The van der Waals surface area contributed by atoms with Crippen molar-refractivity contribution in [3.63, 3.8) is 0 Å². The minimum absolute atomic E-state index is 0.0408. The molecule has 1 aliphatic carbocycles. The van der Waals surface area contributed by atoms with Gasteiger partial charge < -0.3 is 15.4 Å². The van der Waals surface area contributed by atoms with Crippen LogP contribution in [0.2, 0.25) is 0 Å². The highest BCUT2D eigenvalue weighted by Gasteiger charge is 2.33. The molecule has 110 valence electrons. The van der Waals surface area contributed by atoms with Crippen molar-refractivity contribution in [3.8, 4) is 0 Å². The molecule has 0 aromatic rings. The Morgan fingerprint density at radius 3 is 2.68 bits per heavy atom. The highest BCUT2D eigenvalue weighted by atomic mass is 16.5. The third-order valence-electron chi connectivity index (χ3n) is 4.69. The summed E-state index contributed by atoms with van der Waals surface area (Å²) in [5.74, 6) is 0.204. The van der Waals surface area contributed by atoms with Crippen molar-refractivity contribution < 1.29 is 9.53 Å². The van der Waals surface area contributed by atoms with Crippen LogP contribution in [0, 0.1) is 0 Å². The van der Waals surface area contributed by atoms with Gasteiger partial charge in [0, 0.05) is 24.6 Å². The number of carbonyl (C=O) groups excluding carboxylic acids is 1. The lowest BCUT2D eigenvalue weighted by Gasteiger charge is -2.37. The van der Waals surface area contributed by atoms with Crippen LogP contribution in [0.3, 0.4) is 0 Å². The average molecular weight is 268 g/mol. The first-order chi connectivity index (χ1) is 9.13. The van der Waals surface area contributed by atoms with Crippen LogP contribution in [0.15, 0.2) is 0 Å². The number of ether oxygens (including phenoxy) is 1. The van der Waals surface area contributed by atoms with Crippen molar-refractivity contribution in [1.82, 2.24) is 10.6 Å². The number of hydrogen-bond acceptors (Lipinski definition) is 3. The van der Waals surface area contributed by atoms with Gasteiger partial charge in [-0.2, -0.15) is 0 Å². The van der Waals surface area contributed by atoms with E-state index in [2.05, 4.69) is 17.6 Å². The van der Waals surface area contributed by atoms with Gasteiger partial charge in [0.05, 0.1) is 6.10 Å². The normalized spacial score (nSPS) is 30.8. The predicted molar refractivity (Wildman–Crippen MR) is 76.1 cm³/mol. The van der Waals surface area contributed by atoms with E-state index in [-0.39, 0.29) is 17.6 Å². The van der Waals surface area contributed by atoms with E-state index >= 15 is 0 Å². The molecule has 2 fully saturated rings. The number of nitrogens with one attached hydrogen (secondary N) is 2. The first-order valence-electron chi connectivity index (χ1n) is 7.73. The molecule has 19 heavy (non-hydrogen) atoms. The second-order valence-corrected chi connectivity index (χ2v) is 6.24. The summed E-state index contributed by atoms with van der Waals surface area (Å²) in [4.78, 5) is 12.3. The lowest BCUT2D eigenvalue weighted by Crippen LogP contribution is -2.50. The zero-order valence-corrected chi connectivity index (χ0v) is 12.3. The highest BCUT2D eigenvalue weighted by Crippen LogP contribution is 2.30. The third kappa shape index (κ3) is 4.18. The summed E-state index contributed by atoms with van der Waals surface area (Å²) in [5, 5.41) is 6.61. The van der Waals surface area contributed by atoms with E-state index in [1.165, 1.54) is 19.3 Å². The molecule has 1 heterocycles. The largest absolute Gasteiger partial charge is 0.378 e. The molecule has 4 heteroatoms. The van der Waals surface area contributed by atoms with E-state index in [9.17, 15) is 4.79 Å². The van der Waals surface area contributed by atoms with E-state index < -0.39 is 0 Å². The Morgan fingerprint density at radius 1 is 1.32 bits per heavy atom. The Labute approximate surface area is 116 Å². The van der Waals surface area contributed by atoms with Crippen LogP contribution in [0.1, 0.15) is 58.3 Å². The fourth-order valence-corrected chi connectivity index (χ4v) is 3.46. The molecule has 2 unspecified atom stereocenters. The SMILES string of the molecule is CNC1(CC(=O)NC2CCOC(C)C2)CCCCC1. The Kier molecular flexibility index (Phi) is 5.22. The summed E-state index contributed by atoms with van der Waals surface area (Å²) in [6.07, 6.45) is 8.82. The van der Waals surface area contributed by atoms with Crippen molar-refractivity contribution in [2.75, 3.05) is 13.7 Å². The van der Waals surface area contributed by atoms with Crippen molar-refractivity contribution in [3.05, 3.63) is 0 Å². The van der Waals surface area contributed by atoms with Crippen molar-refractivity contribution in [2.24, 2.45) is 0 Å². The maximum atomic E-state index is 12.3. The van der Waals surface area contributed by atoms with Gasteiger partial charge in [0.2, 0.25) is 5.91 Å². The third-order valence-corrected chi connectivity index (χ3v) is 4.69. The number of carbonyl (C=O) groups is 1. The fraction of sp³-hybridized carbons (Fsp3) is 0.933. The second-order valence-electron chi connectivity index (χ2n) is 6.24. The molecule has 0 aromatic heterocycles. The zero-order valence-electron chi connectivity index (χ0n) is 12.3. The summed E-state index contributed by atoms with van der Waals surface area (Å²) in [7, 11) is 2.00. The van der Waals surface area contributed by atoms with Gasteiger partial charge in [-0.05, 0) is 39.7 Å². The standard InChI is InChI=1S/C15H28N2O2/c1-12-10-13(6-9-19-12)17-14(18)11-15(16-2)7-4-3-5-8-15/h12-13,16H,3-11H2,1-2H3,(H,17,18). The fourth-order valence-electron chi connectivity index (χ4n) is 3.46. The van der Waals surface area contributed by atoms with E-state index in [4.69, 9.17) is 4.74 Å². The molecule has 1 aliphatic heterocycles. The van der Waals surface area contributed by atoms with Crippen LogP contribution in [0.25, 0.3) is 0 Å². The molecule has 0 aromatic carbocycles. The van der Waals surface area contributed by atoms with Gasteiger partial charge in [0.15, 0.2) is 0 Å². The van der Waals surface area contributed by atoms with Crippen molar-refractivity contribution in [1.29, 1.82) is 0 Å². The molecule has 2 atom stereocenters. The maximum absolute atomic E-state index is 12.3. The Balaban J connectivity index is 1.82. The number of rotatable bonds is 4. The van der Waals surface area contributed by atoms with E-state index in [0.717, 1.165) is 32.3 Å². The maximum Gasteiger partial charge on any atom is 0.222 e.